The summed E-state index contributed by atoms with van der Waals surface area (Å²) in [4.78, 5) is 69.3. The highest BCUT2D eigenvalue weighted by atomic mass is 32.2. The Morgan fingerprint density at radius 3 is 2.09 bits per heavy atom. The third-order valence-electron chi connectivity index (χ3n) is 8.58. The van der Waals surface area contributed by atoms with Crippen LogP contribution in [0.15, 0.2) is 102 Å². The number of halogens is 1. The number of ether oxygens (including phenoxy) is 4. The Morgan fingerprint density at radius 2 is 1.51 bits per heavy atom. The Morgan fingerprint density at radius 1 is 0.891 bits per heavy atom. The number of amides is 3. The number of hydrogen-bond donors (Lipinski definition) is 1. The van der Waals surface area contributed by atoms with E-state index in [0.29, 0.717) is 22.3 Å². The van der Waals surface area contributed by atoms with Gasteiger partial charge in [0.2, 0.25) is 0 Å². The monoisotopic (exact) mass is 771 g/mol. The van der Waals surface area contributed by atoms with Crippen LogP contribution in [0.5, 0.6) is 5.75 Å². The number of fused-ring (bicyclic) bond motifs is 1. The predicted molar refractivity (Wildman–Crippen MR) is 202 cm³/mol. The number of β-lactam (4-membered cyclic amide) rings is 1. The zero-order chi connectivity index (χ0) is 39.7. The van der Waals surface area contributed by atoms with Gasteiger partial charge in [0.05, 0.1) is 0 Å². The number of carbonyl (C=O) groups excluding carboxylic acids is 5. The molecule has 0 aliphatic carbocycles. The van der Waals surface area contributed by atoms with Crippen molar-refractivity contribution in [2.24, 2.45) is 0 Å². The van der Waals surface area contributed by atoms with Crippen molar-refractivity contribution in [3.05, 3.63) is 119 Å². The van der Waals surface area contributed by atoms with E-state index in [4.69, 9.17) is 18.9 Å². The number of thioether (sulfide) groups is 1. The number of anilines is 1. The SMILES string of the molecule is CC(C)(C)OC(=O)N[C@@H]1C(=O)N2C(C(=O)OC(c3ccccc3)c3ccccc3)=C(C=C3CCN(c4ccc(OC(=O)OC(C)(C)C)c(F)c4)C3=O)CS[C@H]12. The molecular weight excluding hydrogens is 730 g/mol. The summed E-state index contributed by atoms with van der Waals surface area (Å²) in [6.07, 6.45) is -0.817. The maximum atomic E-state index is 15.1. The first kappa shape index (κ1) is 39.1. The average molecular weight is 772 g/mol. The molecule has 3 aromatic carbocycles. The molecule has 0 aromatic heterocycles. The van der Waals surface area contributed by atoms with Gasteiger partial charge in [0.25, 0.3) is 11.8 Å². The third-order valence-corrected chi connectivity index (χ3v) is 9.88. The number of allylic oxidation sites excluding steroid dienone is 1. The van der Waals surface area contributed by atoms with Gasteiger partial charge in [-0.1, -0.05) is 60.7 Å². The van der Waals surface area contributed by atoms with E-state index < -0.39 is 64.6 Å². The molecule has 0 bridgehead atoms. The molecule has 2 fully saturated rings. The third kappa shape index (κ3) is 9.02. The van der Waals surface area contributed by atoms with Gasteiger partial charge in [-0.05, 0) is 82.9 Å². The quantitative estimate of drug-likeness (QED) is 0.0822. The van der Waals surface area contributed by atoms with Gasteiger partial charge in [-0.15, -0.1) is 11.8 Å². The number of esters is 1. The number of carbonyl (C=O) groups is 5. The lowest BCUT2D eigenvalue weighted by atomic mass is 10.00. The minimum absolute atomic E-state index is 0.0405. The number of alkyl carbamates (subject to hydrolysis) is 1. The van der Waals surface area contributed by atoms with Crippen LogP contribution in [0.2, 0.25) is 0 Å². The molecular formula is C41H42FN3O9S. The first-order valence-corrected chi connectivity index (χ1v) is 18.7. The molecule has 55 heavy (non-hydrogen) atoms. The summed E-state index contributed by atoms with van der Waals surface area (Å²) >= 11 is 1.32. The van der Waals surface area contributed by atoms with Crippen LogP contribution in [0.4, 0.5) is 19.7 Å². The molecule has 3 aliphatic rings. The summed E-state index contributed by atoms with van der Waals surface area (Å²) in [5, 5.41) is 1.99. The summed E-state index contributed by atoms with van der Waals surface area (Å²) in [6, 6.07) is 21.2. The van der Waals surface area contributed by atoms with Gasteiger partial charge in [-0.2, -0.15) is 0 Å². The number of rotatable bonds is 8. The van der Waals surface area contributed by atoms with Crippen LogP contribution in [-0.2, 0) is 28.6 Å². The Kier molecular flexibility index (Phi) is 11.1. The molecule has 1 N–H and O–H groups in total. The molecule has 3 heterocycles. The fraction of sp³-hybridized carbons (Fsp3) is 0.341. The molecule has 2 saturated heterocycles. The molecule has 0 unspecified atom stereocenters. The van der Waals surface area contributed by atoms with Crippen molar-refractivity contribution in [1.29, 1.82) is 0 Å². The summed E-state index contributed by atoms with van der Waals surface area (Å²) < 4.78 is 36.8. The van der Waals surface area contributed by atoms with E-state index in [0.717, 1.165) is 6.07 Å². The van der Waals surface area contributed by atoms with Gasteiger partial charge in [0.1, 0.15) is 28.3 Å². The maximum absolute atomic E-state index is 15.1. The molecule has 3 aromatic rings. The highest BCUT2D eigenvalue weighted by Gasteiger charge is 2.55. The van der Waals surface area contributed by atoms with Crippen molar-refractivity contribution >= 4 is 47.5 Å². The second-order valence-corrected chi connectivity index (χ2v) is 16.2. The zero-order valence-electron chi connectivity index (χ0n) is 31.3. The summed E-state index contributed by atoms with van der Waals surface area (Å²) in [6.45, 7) is 10.3. The largest absolute Gasteiger partial charge is 0.514 e. The van der Waals surface area contributed by atoms with Crippen LogP contribution < -0.4 is 15.0 Å². The standard InChI is InChI=1S/C41H42FN3O9S/c1-40(2,3)53-38(49)43-31-35(47)45-32(37(48)52-33(24-13-9-7-10-14-24)25-15-11-8-12-16-25)27(23-55-36(31)45)21-26-19-20-44(34(26)46)28-17-18-30(29(42)22-28)51-39(50)54-41(4,5)6/h7-18,21-22,31,33,36H,19-20,23H2,1-6H3,(H,43,49)/t31-,36-/m1/s1. The Labute approximate surface area is 322 Å². The predicted octanol–water partition coefficient (Wildman–Crippen LogP) is 7.20. The van der Waals surface area contributed by atoms with Gasteiger partial charge >= 0.3 is 18.2 Å². The van der Waals surface area contributed by atoms with Crippen LogP contribution in [0.25, 0.3) is 0 Å². The van der Waals surface area contributed by atoms with Crippen LogP contribution in [0, 0.1) is 5.82 Å². The first-order chi connectivity index (χ1) is 26.0. The van der Waals surface area contributed by atoms with Gasteiger partial charge < -0.3 is 29.2 Å². The van der Waals surface area contributed by atoms with Crippen LogP contribution in [0.3, 0.4) is 0 Å². The van der Waals surface area contributed by atoms with E-state index in [-0.39, 0.29) is 35.9 Å². The van der Waals surface area contributed by atoms with E-state index in [1.165, 1.54) is 33.7 Å². The zero-order valence-corrected chi connectivity index (χ0v) is 32.1. The molecule has 0 spiro atoms. The Bertz CT molecular complexity index is 2020. The molecule has 2 atom stereocenters. The normalized spacial score (nSPS) is 19.2. The minimum Gasteiger partial charge on any atom is -0.448 e. The second-order valence-electron chi connectivity index (χ2n) is 15.1. The number of benzene rings is 3. The molecule has 12 nitrogen and oxygen atoms in total. The van der Waals surface area contributed by atoms with E-state index >= 15 is 4.39 Å². The topological polar surface area (TPSA) is 141 Å². The van der Waals surface area contributed by atoms with E-state index in [1.54, 1.807) is 47.6 Å². The number of nitrogens with one attached hydrogen (secondary N) is 1. The first-order valence-electron chi connectivity index (χ1n) is 17.7. The number of nitrogens with zero attached hydrogens (tertiary/aromatic N) is 2. The average Bonchev–Trinajstić information content (AvgIpc) is 3.48. The van der Waals surface area contributed by atoms with Gasteiger partial charge in [0.15, 0.2) is 17.7 Å². The van der Waals surface area contributed by atoms with Crippen molar-refractivity contribution in [2.45, 2.75) is 76.7 Å². The summed E-state index contributed by atoms with van der Waals surface area (Å²) in [5.74, 6) is -2.78. The summed E-state index contributed by atoms with van der Waals surface area (Å²) in [5.41, 5.74) is 0.686. The van der Waals surface area contributed by atoms with Gasteiger partial charge in [-0.25, -0.2) is 18.8 Å². The lowest BCUT2D eigenvalue weighted by Crippen LogP contribution is -2.70. The molecule has 3 amide bonds. The van der Waals surface area contributed by atoms with Crippen LogP contribution in [0.1, 0.15) is 65.2 Å². The lowest BCUT2D eigenvalue weighted by Gasteiger charge is -2.49. The van der Waals surface area contributed by atoms with Crippen LogP contribution in [-0.4, -0.2) is 69.8 Å². The fourth-order valence-electron chi connectivity index (χ4n) is 6.23. The molecule has 14 heteroatoms. The summed E-state index contributed by atoms with van der Waals surface area (Å²) in [7, 11) is 0. The van der Waals surface area contributed by atoms with Crippen molar-refractivity contribution < 1.29 is 47.3 Å². The smallest absolute Gasteiger partial charge is 0.448 e. The molecule has 6 rings (SSSR count). The van der Waals surface area contributed by atoms with Crippen molar-refractivity contribution in [3.8, 4) is 5.75 Å². The lowest BCUT2D eigenvalue weighted by molar-refractivity contribution is -0.153. The second kappa shape index (κ2) is 15.6. The van der Waals surface area contributed by atoms with Crippen molar-refractivity contribution in [1.82, 2.24) is 10.2 Å². The Balaban J connectivity index is 1.30. The van der Waals surface area contributed by atoms with E-state index in [2.05, 4.69) is 5.32 Å². The molecule has 0 radical (unpaired) electrons. The maximum Gasteiger partial charge on any atom is 0.514 e. The molecule has 288 valence electrons. The van der Waals surface area contributed by atoms with Gasteiger partial charge in [-0.3, -0.25) is 14.5 Å². The Hall–Kier alpha value is -5.63. The van der Waals surface area contributed by atoms with E-state index in [9.17, 15) is 24.0 Å². The fourth-order valence-corrected chi connectivity index (χ4v) is 7.54. The van der Waals surface area contributed by atoms with Crippen molar-refractivity contribution in [2.75, 3.05) is 17.2 Å². The molecule has 3 aliphatic heterocycles. The van der Waals surface area contributed by atoms with Gasteiger partial charge in [0, 0.05) is 29.6 Å². The highest BCUT2D eigenvalue weighted by molar-refractivity contribution is 8.00. The van der Waals surface area contributed by atoms with Crippen LogP contribution >= 0.6 is 11.8 Å². The van der Waals surface area contributed by atoms with E-state index in [1.807, 2.05) is 60.7 Å². The minimum atomic E-state index is -1.07. The number of hydrogen-bond acceptors (Lipinski definition) is 10. The van der Waals surface area contributed by atoms with Crippen molar-refractivity contribution in [3.63, 3.8) is 0 Å². The molecule has 0 saturated carbocycles. The highest BCUT2D eigenvalue weighted by Crippen LogP contribution is 2.43.